The molecule has 1 aromatic rings. The van der Waals surface area contributed by atoms with Crippen LogP contribution in [0.1, 0.15) is 40.5 Å². The van der Waals surface area contributed by atoms with Crippen molar-refractivity contribution in [2.75, 3.05) is 5.32 Å². The summed E-state index contributed by atoms with van der Waals surface area (Å²) in [5.74, 6) is -1.30. The number of nitrogens with one attached hydrogen (secondary N) is 2. The molecule has 0 aliphatic carbocycles. The van der Waals surface area contributed by atoms with Gasteiger partial charge in [-0.3, -0.25) is 9.59 Å². The molecule has 0 radical (unpaired) electrons. The van der Waals surface area contributed by atoms with Gasteiger partial charge in [0.25, 0.3) is 5.91 Å². The fourth-order valence-electron chi connectivity index (χ4n) is 3.46. The Labute approximate surface area is 146 Å². The average Bonchev–Trinajstić information content (AvgIpc) is 2.38. The fraction of sp³-hybridized carbons (Fsp3) is 0.529. The molecule has 1 fully saturated rings. The summed E-state index contributed by atoms with van der Waals surface area (Å²) in [7, 11) is 0. The average molecular weight is 357 g/mol. The van der Waals surface area contributed by atoms with Gasteiger partial charge in [0.15, 0.2) is 0 Å². The van der Waals surface area contributed by atoms with Crippen molar-refractivity contribution >= 4 is 40.6 Å². The first-order valence-corrected chi connectivity index (χ1v) is 8.34. The molecule has 0 atom stereocenters. The van der Waals surface area contributed by atoms with E-state index in [1.165, 1.54) is 6.07 Å². The van der Waals surface area contributed by atoms with E-state index in [1.807, 2.05) is 27.7 Å². The number of carbonyl (C=O) groups is 2. The Balaban J connectivity index is 2.10. The zero-order valence-electron chi connectivity index (χ0n) is 13.8. The lowest BCUT2D eigenvalue weighted by atomic mass is 9.74. The normalized spacial score (nSPS) is 20.1. The fourth-order valence-corrected chi connectivity index (χ4v) is 3.76. The van der Waals surface area contributed by atoms with Crippen LogP contribution in [0.4, 0.5) is 5.69 Å². The van der Waals surface area contributed by atoms with Crippen molar-refractivity contribution in [3.63, 3.8) is 0 Å². The maximum atomic E-state index is 12.5. The van der Waals surface area contributed by atoms with Crippen molar-refractivity contribution in [3.05, 3.63) is 28.2 Å². The summed E-state index contributed by atoms with van der Waals surface area (Å²) in [4.78, 5) is 24.8. The van der Waals surface area contributed by atoms with Gasteiger partial charge in [-0.1, -0.05) is 23.2 Å². The van der Waals surface area contributed by atoms with E-state index < -0.39 is 11.7 Å². The molecule has 0 aromatic heterocycles. The number of Topliss-reactive ketones (excluding diaryl/α,β-unsaturated/α-hetero) is 1. The van der Waals surface area contributed by atoms with Crippen LogP contribution in [0.2, 0.25) is 10.0 Å². The summed E-state index contributed by atoms with van der Waals surface area (Å²) in [5, 5.41) is 6.85. The van der Waals surface area contributed by atoms with E-state index in [2.05, 4.69) is 10.6 Å². The van der Waals surface area contributed by atoms with Crippen molar-refractivity contribution in [1.82, 2.24) is 5.32 Å². The second-order valence-electron chi connectivity index (χ2n) is 7.45. The topological polar surface area (TPSA) is 58.2 Å². The Morgan fingerprint density at radius 2 is 1.65 bits per heavy atom. The summed E-state index contributed by atoms with van der Waals surface area (Å²) < 4.78 is 0. The van der Waals surface area contributed by atoms with Crippen LogP contribution in [0.5, 0.6) is 0 Å². The molecule has 2 N–H and O–H groups in total. The molecule has 23 heavy (non-hydrogen) atoms. The highest BCUT2D eigenvalue weighted by molar-refractivity contribution is 6.43. The number of anilines is 1. The first kappa shape index (κ1) is 18.2. The number of carbonyl (C=O) groups excluding carboxylic acids is 2. The lowest BCUT2D eigenvalue weighted by molar-refractivity contribution is -0.139. The highest BCUT2D eigenvalue weighted by Crippen LogP contribution is 2.33. The van der Waals surface area contributed by atoms with Crippen LogP contribution in [0.25, 0.3) is 0 Å². The van der Waals surface area contributed by atoms with Gasteiger partial charge >= 0.3 is 0 Å². The zero-order chi connectivity index (χ0) is 17.4. The molecule has 1 aliphatic heterocycles. The minimum Gasteiger partial charge on any atom is -0.319 e. The van der Waals surface area contributed by atoms with E-state index in [0.29, 0.717) is 28.6 Å². The van der Waals surface area contributed by atoms with Gasteiger partial charge in [-0.2, -0.15) is 0 Å². The third-order valence-electron chi connectivity index (χ3n) is 3.96. The van der Waals surface area contributed by atoms with E-state index in [4.69, 9.17) is 23.2 Å². The zero-order valence-corrected chi connectivity index (χ0v) is 15.3. The minimum absolute atomic E-state index is 0.189. The Bertz CT molecular complexity index is 625. The predicted molar refractivity (Wildman–Crippen MR) is 94.1 cm³/mol. The van der Waals surface area contributed by atoms with Gasteiger partial charge in [0, 0.05) is 22.7 Å². The van der Waals surface area contributed by atoms with Crippen LogP contribution in [-0.2, 0) is 9.59 Å². The Morgan fingerprint density at radius 1 is 1.09 bits per heavy atom. The summed E-state index contributed by atoms with van der Waals surface area (Å²) in [6.45, 7) is 8.19. The summed E-state index contributed by atoms with van der Waals surface area (Å²) in [6.07, 6.45) is 1.26. The molecule has 1 amide bonds. The number of piperidine rings is 1. The number of hydrogen-bond acceptors (Lipinski definition) is 3. The highest BCUT2D eigenvalue weighted by Gasteiger charge is 2.42. The van der Waals surface area contributed by atoms with Crippen LogP contribution in [0.3, 0.4) is 0 Å². The largest absolute Gasteiger partial charge is 0.319 e. The molecule has 1 aromatic carbocycles. The molecular formula is C17H22Cl2N2O2. The third-order valence-corrected chi connectivity index (χ3v) is 4.70. The van der Waals surface area contributed by atoms with E-state index in [0.717, 1.165) is 0 Å². The van der Waals surface area contributed by atoms with Gasteiger partial charge in [0.2, 0.25) is 5.78 Å². The summed E-state index contributed by atoms with van der Waals surface area (Å²) in [5.41, 5.74) is 0.0860. The lowest BCUT2D eigenvalue weighted by Crippen LogP contribution is -2.59. The molecule has 0 bridgehead atoms. The summed E-state index contributed by atoms with van der Waals surface area (Å²) >= 11 is 11.8. The van der Waals surface area contributed by atoms with Crippen molar-refractivity contribution in [3.8, 4) is 0 Å². The van der Waals surface area contributed by atoms with E-state index in [-0.39, 0.29) is 17.0 Å². The lowest BCUT2D eigenvalue weighted by Gasteiger charge is -2.45. The number of halogens is 2. The predicted octanol–water partition coefficient (Wildman–Crippen LogP) is 4.06. The van der Waals surface area contributed by atoms with Gasteiger partial charge in [-0.05, 0) is 58.7 Å². The van der Waals surface area contributed by atoms with E-state index >= 15 is 0 Å². The van der Waals surface area contributed by atoms with Gasteiger partial charge < -0.3 is 10.6 Å². The number of ketones is 1. The molecule has 4 nitrogen and oxygen atoms in total. The first-order chi connectivity index (χ1) is 10.5. The molecule has 0 unspecified atom stereocenters. The second kappa shape index (κ2) is 6.42. The van der Waals surface area contributed by atoms with E-state index in [1.54, 1.807) is 12.1 Å². The van der Waals surface area contributed by atoms with Crippen LogP contribution in [0.15, 0.2) is 18.2 Å². The summed E-state index contributed by atoms with van der Waals surface area (Å²) in [6, 6.07) is 4.74. The van der Waals surface area contributed by atoms with E-state index in [9.17, 15) is 9.59 Å². The SMILES string of the molecule is CC1(C)CC(C(=O)C(=O)Nc2ccc(Cl)c(Cl)c2)CC(C)(C)N1. The van der Waals surface area contributed by atoms with Crippen molar-refractivity contribution in [2.45, 2.75) is 51.6 Å². The second-order valence-corrected chi connectivity index (χ2v) is 8.26. The van der Waals surface area contributed by atoms with Crippen LogP contribution in [-0.4, -0.2) is 22.8 Å². The Morgan fingerprint density at radius 3 is 2.17 bits per heavy atom. The van der Waals surface area contributed by atoms with Crippen LogP contribution in [0, 0.1) is 5.92 Å². The molecule has 0 spiro atoms. The number of benzene rings is 1. The van der Waals surface area contributed by atoms with Crippen molar-refractivity contribution in [1.29, 1.82) is 0 Å². The molecule has 6 heteroatoms. The van der Waals surface area contributed by atoms with Gasteiger partial charge in [0.1, 0.15) is 0 Å². The van der Waals surface area contributed by atoms with Gasteiger partial charge in [0.05, 0.1) is 10.0 Å². The molecular weight excluding hydrogens is 335 g/mol. The molecule has 1 aliphatic rings. The third kappa shape index (κ3) is 4.69. The first-order valence-electron chi connectivity index (χ1n) is 7.59. The van der Waals surface area contributed by atoms with Crippen LogP contribution >= 0.6 is 23.2 Å². The molecule has 0 saturated carbocycles. The molecule has 1 saturated heterocycles. The minimum atomic E-state index is -0.609. The van der Waals surface area contributed by atoms with Crippen molar-refractivity contribution < 1.29 is 9.59 Å². The molecule has 2 rings (SSSR count). The van der Waals surface area contributed by atoms with Crippen LogP contribution < -0.4 is 10.6 Å². The smallest absolute Gasteiger partial charge is 0.292 e. The number of amides is 1. The maximum absolute atomic E-state index is 12.5. The number of hydrogen-bond donors (Lipinski definition) is 2. The maximum Gasteiger partial charge on any atom is 0.292 e. The molecule has 126 valence electrons. The standard InChI is InChI=1S/C17H22Cl2N2O2/c1-16(2)8-10(9-17(3,4)21-16)14(22)15(23)20-11-5-6-12(18)13(19)7-11/h5-7,10,21H,8-9H2,1-4H3,(H,20,23). The van der Waals surface area contributed by atoms with Gasteiger partial charge in [-0.15, -0.1) is 0 Å². The molecule has 1 heterocycles. The highest BCUT2D eigenvalue weighted by atomic mass is 35.5. The monoisotopic (exact) mass is 356 g/mol. The quantitative estimate of drug-likeness (QED) is 0.802. The van der Waals surface area contributed by atoms with Gasteiger partial charge in [-0.25, -0.2) is 0 Å². The Kier molecular flexibility index (Phi) is 5.09. The number of rotatable bonds is 3. The Hall–Kier alpha value is -1.10. The van der Waals surface area contributed by atoms with Crippen molar-refractivity contribution in [2.24, 2.45) is 5.92 Å².